The average molecular weight is 389 g/mol. The Morgan fingerprint density at radius 2 is 1.86 bits per heavy atom. The molecule has 2 aliphatic rings. The molecule has 1 fully saturated rings. The zero-order valence-corrected chi connectivity index (χ0v) is 16.4. The molecule has 28 heavy (non-hydrogen) atoms. The molecule has 0 saturated carbocycles. The highest BCUT2D eigenvalue weighted by Gasteiger charge is 2.42. The zero-order chi connectivity index (χ0) is 20.6. The van der Waals surface area contributed by atoms with Crippen LogP contribution in [0.4, 0.5) is 4.79 Å². The second kappa shape index (κ2) is 7.43. The molecule has 0 bridgehead atoms. The van der Waals surface area contributed by atoms with Crippen LogP contribution in [0.1, 0.15) is 44.7 Å². The number of rotatable bonds is 3. The molecule has 2 heterocycles. The fourth-order valence-corrected chi connectivity index (χ4v) is 3.76. The Labute approximate surface area is 164 Å². The van der Waals surface area contributed by atoms with E-state index in [-0.39, 0.29) is 18.1 Å². The number of nitrogens with two attached hydrogens (primary N) is 1. The van der Waals surface area contributed by atoms with Gasteiger partial charge in [0.15, 0.2) is 5.78 Å². The number of hydrogen-bond acceptors (Lipinski definition) is 6. The van der Waals surface area contributed by atoms with E-state index in [1.165, 1.54) is 4.90 Å². The molecule has 3 atom stereocenters. The number of aromatic hydroxyl groups is 1. The number of amides is 2. The molecule has 0 radical (unpaired) electrons. The third-order valence-corrected chi connectivity index (χ3v) is 5.11. The molecule has 1 aromatic carbocycles. The smallest absolute Gasteiger partial charge is 0.411 e. The SMILES string of the molecule is CC(C)(C)OC(=O)N1Cc2cc(O)ccc2CC1C(=O)C1CCC(C(N)=O)N1. The van der Waals surface area contributed by atoms with Crippen LogP contribution in [0.5, 0.6) is 5.75 Å². The third kappa shape index (κ3) is 4.27. The lowest BCUT2D eigenvalue weighted by Gasteiger charge is -2.38. The number of nitrogens with zero attached hydrogens (tertiary/aromatic N) is 1. The summed E-state index contributed by atoms with van der Waals surface area (Å²) in [6.45, 7) is 5.46. The van der Waals surface area contributed by atoms with Crippen molar-refractivity contribution in [3.05, 3.63) is 29.3 Å². The van der Waals surface area contributed by atoms with Gasteiger partial charge in [-0.15, -0.1) is 0 Å². The average Bonchev–Trinajstić information content (AvgIpc) is 3.08. The van der Waals surface area contributed by atoms with Crippen molar-refractivity contribution in [3.63, 3.8) is 0 Å². The number of Topliss-reactive ketones (excluding diaryl/α,β-unsaturated/α-hetero) is 1. The minimum atomic E-state index is -0.712. The summed E-state index contributed by atoms with van der Waals surface area (Å²) >= 11 is 0. The van der Waals surface area contributed by atoms with Gasteiger partial charge >= 0.3 is 6.09 Å². The molecule has 2 amide bonds. The summed E-state index contributed by atoms with van der Waals surface area (Å²) in [5.41, 5.74) is 6.32. The van der Waals surface area contributed by atoms with Gasteiger partial charge in [-0.1, -0.05) is 6.07 Å². The largest absolute Gasteiger partial charge is 0.508 e. The molecular weight excluding hydrogens is 362 g/mol. The van der Waals surface area contributed by atoms with E-state index in [1.807, 2.05) is 0 Å². The maximum Gasteiger partial charge on any atom is 0.411 e. The van der Waals surface area contributed by atoms with Crippen LogP contribution in [-0.4, -0.2) is 51.5 Å². The number of primary amides is 1. The highest BCUT2D eigenvalue weighted by Crippen LogP contribution is 2.30. The minimum absolute atomic E-state index is 0.106. The number of hydrogen-bond donors (Lipinski definition) is 3. The van der Waals surface area contributed by atoms with Gasteiger partial charge in [0.25, 0.3) is 0 Å². The number of ether oxygens (including phenoxy) is 1. The quantitative estimate of drug-likeness (QED) is 0.715. The Kier molecular flexibility index (Phi) is 5.34. The standard InChI is InChI=1S/C20H27N3O5/c1-20(2,3)28-19(27)23-10-12-8-13(24)5-4-11(12)9-16(23)17(25)14-6-7-15(22-14)18(21)26/h4-5,8,14-16,22,24H,6-7,9-10H2,1-3H3,(H2,21,26). The second-order valence-electron chi connectivity index (χ2n) is 8.44. The summed E-state index contributed by atoms with van der Waals surface area (Å²) < 4.78 is 5.50. The van der Waals surface area contributed by atoms with E-state index in [1.54, 1.807) is 39.0 Å². The van der Waals surface area contributed by atoms with E-state index in [4.69, 9.17) is 10.5 Å². The van der Waals surface area contributed by atoms with Crippen LogP contribution in [-0.2, 0) is 27.3 Å². The van der Waals surface area contributed by atoms with Crippen LogP contribution in [0.15, 0.2) is 18.2 Å². The minimum Gasteiger partial charge on any atom is -0.508 e. The van der Waals surface area contributed by atoms with Gasteiger partial charge in [-0.3, -0.25) is 19.8 Å². The number of ketones is 1. The molecule has 4 N–H and O–H groups in total. The van der Waals surface area contributed by atoms with Gasteiger partial charge in [0.2, 0.25) is 5.91 Å². The fourth-order valence-electron chi connectivity index (χ4n) is 3.76. The lowest BCUT2D eigenvalue weighted by atomic mass is 9.89. The normalized spacial score (nSPS) is 24.5. The topological polar surface area (TPSA) is 122 Å². The van der Waals surface area contributed by atoms with E-state index in [9.17, 15) is 19.5 Å². The molecular formula is C20H27N3O5. The first-order valence-electron chi connectivity index (χ1n) is 9.44. The Balaban J connectivity index is 1.87. The molecule has 0 spiro atoms. The molecule has 8 nitrogen and oxygen atoms in total. The number of nitrogens with one attached hydrogen (secondary N) is 1. The fraction of sp³-hybridized carbons (Fsp3) is 0.550. The summed E-state index contributed by atoms with van der Waals surface area (Å²) in [5.74, 6) is -0.536. The monoisotopic (exact) mass is 389 g/mol. The van der Waals surface area contributed by atoms with Crippen LogP contribution in [0.3, 0.4) is 0 Å². The number of carbonyl (C=O) groups excluding carboxylic acids is 3. The first kappa shape index (κ1) is 20.1. The number of benzene rings is 1. The van der Waals surface area contributed by atoms with Gasteiger partial charge in [-0.25, -0.2) is 4.79 Å². The summed E-state index contributed by atoms with van der Waals surface area (Å²) in [7, 11) is 0. The van der Waals surface area contributed by atoms with Crippen LogP contribution in [0, 0.1) is 0 Å². The summed E-state index contributed by atoms with van der Waals surface area (Å²) in [4.78, 5) is 38.8. The number of phenolic OH excluding ortho intramolecular Hbond substituents is 1. The Morgan fingerprint density at radius 3 is 2.46 bits per heavy atom. The highest BCUT2D eigenvalue weighted by atomic mass is 16.6. The molecule has 8 heteroatoms. The molecule has 2 aliphatic heterocycles. The van der Waals surface area contributed by atoms with Crippen molar-refractivity contribution in [2.45, 2.75) is 70.3 Å². The van der Waals surface area contributed by atoms with E-state index in [0.717, 1.165) is 11.1 Å². The maximum atomic E-state index is 13.2. The lowest BCUT2D eigenvalue weighted by Crippen LogP contribution is -2.55. The summed E-state index contributed by atoms with van der Waals surface area (Å²) in [5, 5.41) is 12.8. The second-order valence-corrected chi connectivity index (χ2v) is 8.44. The van der Waals surface area contributed by atoms with Crippen molar-refractivity contribution >= 4 is 17.8 Å². The van der Waals surface area contributed by atoms with Crippen molar-refractivity contribution in [1.29, 1.82) is 0 Å². The predicted octanol–water partition coefficient (Wildman–Crippen LogP) is 1.23. The van der Waals surface area contributed by atoms with Crippen molar-refractivity contribution in [2.24, 2.45) is 5.73 Å². The Hall–Kier alpha value is -2.61. The molecule has 0 aromatic heterocycles. The molecule has 3 unspecified atom stereocenters. The Morgan fingerprint density at radius 1 is 1.18 bits per heavy atom. The maximum absolute atomic E-state index is 13.2. The van der Waals surface area contributed by atoms with Crippen LogP contribution >= 0.6 is 0 Å². The first-order valence-corrected chi connectivity index (χ1v) is 9.44. The van der Waals surface area contributed by atoms with Crippen molar-refractivity contribution < 1.29 is 24.2 Å². The number of fused-ring (bicyclic) bond motifs is 1. The molecule has 152 valence electrons. The van der Waals surface area contributed by atoms with Crippen molar-refractivity contribution in [1.82, 2.24) is 10.2 Å². The van der Waals surface area contributed by atoms with Crippen LogP contribution in [0.25, 0.3) is 0 Å². The van der Waals surface area contributed by atoms with Gasteiger partial charge in [0.1, 0.15) is 11.4 Å². The van der Waals surface area contributed by atoms with Gasteiger partial charge in [-0.05, 0) is 56.9 Å². The van der Waals surface area contributed by atoms with Gasteiger partial charge in [0.05, 0.1) is 24.7 Å². The molecule has 1 saturated heterocycles. The Bertz CT molecular complexity index is 802. The van der Waals surface area contributed by atoms with Gasteiger partial charge in [0, 0.05) is 6.42 Å². The van der Waals surface area contributed by atoms with Crippen molar-refractivity contribution in [3.8, 4) is 5.75 Å². The molecule has 3 rings (SSSR count). The molecule has 1 aromatic rings. The van der Waals surface area contributed by atoms with Gasteiger partial charge < -0.3 is 15.6 Å². The van der Waals surface area contributed by atoms with E-state index in [2.05, 4.69) is 5.32 Å². The van der Waals surface area contributed by atoms with E-state index >= 15 is 0 Å². The number of phenols is 1. The molecule has 0 aliphatic carbocycles. The lowest BCUT2D eigenvalue weighted by molar-refractivity contribution is -0.126. The van der Waals surface area contributed by atoms with E-state index in [0.29, 0.717) is 19.3 Å². The van der Waals surface area contributed by atoms with Gasteiger partial charge in [-0.2, -0.15) is 0 Å². The zero-order valence-electron chi connectivity index (χ0n) is 16.4. The van der Waals surface area contributed by atoms with Crippen LogP contribution < -0.4 is 11.1 Å². The highest BCUT2D eigenvalue weighted by molar-refractivity contribution is 5.93. The summed E-state index contributed by atoms with van der Waals surface area (Å²) in [6.07, 6.45) is 0.736. The summed E-state index contributed by atoms with van der Waals surface area (Å²) in [6, 6.07) is 3.16. The number of carbonyl (C=O) groups is 3. The van der Waals surface area contributed by atoms with E-state index < -0.39 is 35.7 Å². The van der Waals surface area contributed by atoms with Crippen molar-refractivity contribution in [2.75, 3.05) is 0 Å². The van der Waals surface area contributed by atoms with Crippen LogP contribution in [0.2, 0.25) is 0 Å². The third-order valence-electron chi connectivity index (χ3n) is 5.11. The predicted molar refractivity (Wildman–Crippen MR) is 102 cm³/mol. The first-order chi connectivity index (χ1) is 13.0.